The average molecular weight is 228 g/mol. The first-order valence-electron chi connectivity index (χ1n) is 4.97. The number of thiazole rings is 1. The Labute approximate surface area is 93.6 Å². The molecule has 1 rings (SSSR count). The predicted octanol–water partition coefficient (Wildman–Crippen LogP) is 1.75. The minimum absolute atomic E-state index is 0.200. The molecular formula is C10H16N2O2S. The summed E-state index contributed by atoms with van der Waals surface area (Å²) in [4.78, 5) is 17.9. The first-order chi connectivity index (χ1) is 7.11. The van der Waals surface area contributed by atoms with Crippen molar-refractivity contribution < 1.29 is 9.90 Å². The maximum atomic E-state index is 10.4. The fraction of sp³-hybridized carbons (Fsp3) is 0.600. The van der Waals surface area contributed by atoms with Crippen molar-refractivity contribution in [1.82, 2.24) is 9.88 Å². The molecule has 0 unspecified atom stereocenters. The van der Waals surface area contributed by atoms with Crippen LogP contribution in [0, 0.1) is 6.92 Å². The third-order valence-electron chi connectivity index (χ3n) is 2.14. The molecule has 1 aromatic heterocycles. The van der Waals surface area contributed by atoms with Crippen molar-refractivity contribution in [3.63, 3.8) is 0 Å². The van der Waals surface area contributed by atoms with Crippen molar-refractivity contribution in [2.75, 3.05) is 13.1 Å². The SMILES string of the molecule is CCN(CCC(=O)O)Cc1cnc(C)s1. The Bertz CT molecular complexity index is 325. The standard InChI is InChI=1S/C10H16N2O2S/c1-3-12(5-4-10(13)14)7-9-6-11-8(2)15-9/h6H,3-5,7H2,1-2H3,(H,13,14). The molecule has 0 aromatic carbocycles. The second kappa shape index (κ2) is 5.82. The highest BCUT2D eigenvalue weighted by atomic mass is 32.1. The second-order valence-corrected chi connectivity index (χ2v) is 4.68. The molecule has 1 heterocycles. The molecular weight excluding hydrogens is 212 g/mol. The van der Waals surface area contributed by atoms with E-state index < -0.39 is 5.97 Å². The maximum absolute atomic E-state index is 10.4. The summed E-state index contributed by atoms with van der Waals surface area (Å²) in [6.45, 7) is 6.28. The van der Waals surface area contributed by atoms with Crippen LogP contribution in [0.1, 0.15) is 23.2 Å². The first kappa shape index (κ1) is 12.1. The summed E-state index contributed by atoms with van der Waals surface area (Å²) in [5.74, 6) is -0.742. The van der Waals surface area contributed by atoms with Gasteiger partial charge in [-0.25, -0.2) is 4.98 Å². The molecule has 15 heavy (non-hydrogen) atoms. The number of carboxylic acid groups (broad SMARTS) is 1. The minimum Gasteiger partial charge on any atom is -0.481 e. The third kappa shape index (κ3) is 4.40. The number of rotatable bonds is 6. The molecule has 0 amide bonds. The van der Waals surface area contributed by atoms with E-state index in [1.165, 1.54) is 4.88 Å². The molecule has 0 aliphatic carbocycles. The minimum atomic E-state index is -0.742. The number of hydrogen-bond donors (Lipinski definition) is 1. The topological polar surface area (TPSA) is 53.4 Å². The number of aromatic nitrogens is 1. The Balaban J connectivity index is 2.42. The molecule has 5 heteroatoms. The van der Waals surface area contributed by atoms with Gasteiger partial charge >= 0.3 is 5.97 Å². The van der Waals surface area contributed by atoms with Gasteiger partial charge < -0.3 is 5.11 Å². The lowest BCUT2D eigenvalue weighted by Gasteiger charge is -2.17. The maximum Gasteiger partial charge on any atom is 0.304 e. The molecule has 1 aromatic rings. The molecule has 0 saturated heterocycles. The molecule has 1 N–H and O–H groups in total. The number of carbonyl (C=O) groups is 1. The third-order valence-corrected chi connectivity index (χ3v) is 3.04. The Morgan fingerprint density at radius 2 is 2.40 bits per heavy atom. The normalized spacial score (nSPS) is 10.9. The summed E-state index contributed by atoms with van der Waals surface area (Å²) in [5.41, 5.74) is 0. The van der Waals surface area contributed by atoms with Gasteiger partial charge in [0, 0.05) is 24.2 Å². The Morgan fingerprint density at radius 1 is 1.67 bits per heavy atom. The van der Waals surface area contributed by atoms with Crippen LogP contribution in [0.3, 0.4) is 0 Å². The molecule has 0 atom stereocenters. The van der Waals surface area contributed by atoms with Gasteiger partial charge in [0.05, 0.1) is 11.4 Å². The van der Waals surface area contributed by atoms with Gasteiger partial charge in [0.25, 0.3) is 0 Å². The number of aryl methyl sites for hydroxylation is 1. The number of hydrogen-bond acceptors (Lipinski definition) is 4. The zero-order valence-electron chi connectivity index (χ0n) is 9.06. The fourth-order valence-electron chi connectivity index (χ4n) is 1.30. The van der Waals surface area contributed by atoms with Crippen LogP contribution in [0.4, 0.5) is 0 Å². The van der Waals surface area contributed by atoms with Crippen LogP contribution in [0.5, 0.6) is 0 Å². The number of carboxylic acids is 1. The molecule has 4 nitrogen and oxygen atoms in total. The Kier molecular flexibility index (Phi) is 4.71. The van der Waals surface area contributed by atoms with E-state index in [1.807, 2.05) is 20.0 Å². The lowest BCUT2D eigenvalue weighted by molar-refractivity contribution is -0.137. The first-order valence-corrected chi connectivity index (χ1v) is 5.79. The van der Waals surface area contributed by atoms with E-state index >= 15 is 0 Å². The molecule has 84 valence electrons. The van der Waals surface area contributed by atoms with Crippen LogP contribution in [0.2, 0.25) is 0 Å². The van der Waals surface area contributed by atoms with Crippen LogP contribution < -0.4 is 0 Å². The molecule has 0 saturated carbocycles. The van der Waals surface area contributed by atoms with Crippen molar-refractivity contribution in [3.05, 3.63) is 16.1 Å². The van der Waals surface area contributed by atoms with Crippen LogP contribution in [0.25, 0.3) is 0 Å². The van der Waals surface area contributed by atoms with Gasteiger partial charge in [0.1, 0.15) is 0 Å². The zero-order valence-corrected chi connectivity index (χ0v) is 9.88. The molecule has 0 aliphatic rings. The number of aliphatic carboxylic acids is 1. The summed E-state index contributed by atoms with van der Waals surface area (Å²) in [5, 5.41) is 9.65. The second-order valence-electron chi connectivity index (χ2n) is 3.36. The van der Waals surface area contributed by atoms with Gasteiger partial charge in [0.2, 0.25) is 0 Å². The van der Waals surface area contributed by atoms with Gasteiger partial charge in [0.15, 0.2) is 0 Å². The summed E-state index contributed by atoms with van der Waals surface area (Å²) in [7, 11) is 0. The Hall–Kier alpha value is -0.940. The van der Waals surface area contributed by atoms with Crippen LogP contribution >= 0.6 is 11.3 Å². The molecule has 0 radical (unpaired) electrons. The van der Waals surface area contributed by atoms with Crippen LogP contribution in [-0.2, 0) is 11.3 Å². The van der Waals surface area contributed by atoms with Crippen LogP contribution in [0.15, 0.2) is 6.20 Å². The predicted molar refractivity (Wildman–Crippen MR) is 60.1 cm³/mol. The van der Waals surface area contributed by atoms with Gasteiger partial charge in [-0.3, -0.25) is 9.69 Å². The average Bonchev–Trinajstić information content (AvgIpc) is 2.58. The van der Waals surface area contributed by atoms with E-state index in [0.717, 1.165) is 18.1 Å². The van der Waals surface area contributed by atoms with Crippen molar-refractivity contribution in [1.29, 1.82) is 0 Å². The molecule has 0 spiro atoms. The smallest absolute Gasteiger partial charge is 0.304 e. The van der Waals surface area contributed by atoms with E-state index in [0.29, 0.717) is 6.54 Å². The van der Waals surface area contributed by atoms with Crippen LogP contribution in [-0.4, -0.2) is 34.0 Å². The lowest BCUT2D eigenvalue weighted by Crippen LogP contribution is -2.25. The van der Waals surface area contributed by atoms with E-state index in [2.05, 4.69) is 9.88 Å². The van der Waals surface area contributed by atoms with Gasteiger partial charge in [-0.05, 0) is 13.5 Å². The molecule has 0 aliphatic heterocycles. The van der Waals surface area contributed by atoms with E-state index in [1.54, 1.807) is 11.3 Å². The Morgan fingerprint density at radius 3 is 2.87 bits per heavy atom. The van der Waals surface area contributed by atoms with Crippen molar-refractivity contribution in [2.45, 2.75) is 26.8 Å². The largest absolute Gasteiger partial charge is 0.481 e. The highest BCUT2D eigenvalue weighted by molar-refractivity contribution is 7.11. The molecule has 0 fully saturated rings. The van der Waals surface area contributed by atoms with Gasteiger partial charge in [-0.1, -0.05) is 6.92 Å². The fourth-order valence-corrected chi connectivity index (χ4v) is 2.14. The summed E-state index contributed by atoms with van der Waals surface area (Å²) in [6, 6.07) is 0. The lowest BCUT2D eigenvalue weighted by atomic mass is 10.3. The van der Waals surface area contributed by atoms with E-state index in [-0.39, 0.29) is 6.42 Å². The van der Waals surface area contributed by atoms with Crippen molar-refractivity contribution in [2.24, 2.45) is 0 Å². The van der Waals surface area contributed by atoms with E-state index in [9.17, 15) is 4.79 Å². The van der Waals surface area contributed by atoms with Crippen molar-refractivity contribution in [3.8, 4) is 0 Å². The van der Waals surface area contributed by atoms with E-state index in [4.69, 9.17) is 5.11 Å². The summed E-state index contributed by atoms with van der Waals surface area (Å²) >= 11 is 1.67. The van der Waals surface area contributed by atoms with Crippen molar-refractivity contribution >= 4 is 17.3 Å². The summed E-state index contributed by atoms with van der Waals surface area (Å²) < 4.78 is 0. The highest BCUT2D eigenvalue weighted by Gasteiger charge is 2.07. The summed E-state index contributed by atoms with van der Waals surface area (Å²) in [6.07, 6.45) is 2.06. The molecule has 0 bridgehead atoms. The number of nitrogens with zero attached hydrogens (tertiary/aromatic N) is 2. The highest BCUT2D eigenvalue weighted by Crippen LogP contribution is 2.14. The van der Waals surface area contributed by atoms with Gasteiger partial charge in [-0.2, -0.15) is 0 Å². The van der Waals surface area contributed by atoms with Gasteiger partial charge in [-0.15, -0.1) is 11.3 Å². The quantitative estimate of drug-likeness (QED) is 0.806. The zero-order chi connectivity index (χ0) is 11.3. The monoisotopic (exact) mass is 228 g/mol.